The second-order valence-electron chi connectivity index (χ2n) is 10.1. The molecule has 0 aliphatic heterocycles. The van der Waals surface area contributed by atoms with Crippen LogP contribution in [0.3, 0.4) is 0 Å². The summed E-state index contributed by atoms with van der Waals surface area (Å²) in [5, 5.41) is 23.3. The maximum Gasteiger partial charge on any atom is 0.303 e. The molecule has 0 unspecified atom stereocenters. The number of carboxylic acids is 1. The van der Waals surface area contributed by atoms with Gasteiger partial charge in [-0.3, -0.25) is 9.59 Å². The van der Waals surface area contributed by atoms with Crippen LogP contribution >= 0.6 is 0 Å². The summed E-state index contributed by atoms with van der Waals surface area (Å²) < 4.78 is 0. The van der Waals surface area contributed by atoms with Crippen LogP contribution in [0, 0.1) is 28.6 Å². The predicted octanol–water partition coefficient (Wildman–Crippen LogP) is 3.65. The molecule has 0 saturated heterocycles. The maximum absolute atomic E-state index is 11.9. The molecule has 0 bridgehead atoms. The van der Waals surface area contributed by atoms with Crippen molar-refractivity contribution in [2.75, 3.05) is 0 Å². The third-order valence-corrected chi connectivity index (χ3v) is 8.70. The van der Waals surface area contributed by atoms with Crippen molar-refractivity contribution in [3.63, 3.8) is 0 Å². The maximum atomic E-state index is 11.9. The summed E-state index contributed by atoms with van der Waals surface area (Å²) >= 11 is 0. The molecule has 0 aromatic rings. The molecular formula is C23H34N2O4. The van der Waals surface area contributed by atoms with Gasteiger partial charge in [-0.15, -0.1) is 0 Å². The summed E-state index contributed by atoms with van der Waals surface area (Å²) in [5.74, 6) is 0.620. The van der Waals surface area contributed by atoms with Gasteiger partial charge in [0.1, 0.15) is 0 Å². The number of hydrogen-bond acceptors (Lipinski definition) is 4. The van der Waals surface area contributed by atoms with Crippen molar-refractivity contribution >= 4 is 17.6 Å². The molecule has 0 radical (unpaired) electrons. The van der Waals surface area contributed by atoms with Gasteiger partial charge in [0.05, 0.1) is 12.5 Å². The molecular weight excluding hydrogens is 368 g/mol. The third kappa shape index (κ3) is 3.54. The Balaban J connectivity index is 1.49. The van der Waals surface area contributed by atoms with Crippen LogP contribution in [0.1, 0.15) is 78.1 Å². The largest absolute Gasteiger partial charge is 0.481 e. The first-order chi connectivity index (χ1) is 13.7. The molecule has 160 valence electrons. The second kappa shape index (κ2) is 7.53. The zero-order valence-electron chi connectivity index (χ0n) is 17.6. The van der Waals surface area contributed by atoms with Gasteiger partial charge in [0.2, 0.25) is 5.91 Å². The Kier molecular flexibility index (Phi) is 5.34. The highest BCUT2D eigenvalue weighted by Crippen LogP contribution is 2.64. The number of nitrogens with one attached hydrogen (secondary N) is 1. The predicted molar refractivity (Wildman–Crippen MR) is 110 cm³/mol. The lowest BCUT2D eigenvalue weighted by molar-refractivity contribution is -0.138. The van der Waals surface area contributed by atoms with Crippen LogP contribution < -0.4 is 5.43 Å². The van der Waals surface area contributed by atoms with Crippen molar-refractivity contribution in [1.29, 1.82) is 0 Å². The average molecular weight is 403 g/mol. The van der Waals surface area contributed by atoms with E-state index in [2.05, 4.69) is 30.5 Å². The molecule has 3 fully saturated rings. The topological polar surface area (TPSA) is 99.0 Å². The quantitative estimate of drug-likeness (QED) is 0.494. The lowest BCUT2D eigenvalue weighted by atomic mass is 9.48. The summed E-state index contributed by atoms with van der Waals surface area (Å²) in [6.45, 7) is 4.74. The van der Waals surface area contributed by atoms with Gasteiger partial charge < -0.3 is 10.2 Å². The van der Waals surface area contributed by atoms with Gasteiger partial charge in [-0.25, -0.2) is 5.43 Å². The highest BCUT2D eigenvalue weighted by Gasteiger charge is 2.57. The van der Waals surface area contributed by atoms with Crippen molar-refractivity contribution in [3.8, 4) is 0 Å². The van der Waals surface area contributed by atoms with E-state index in [0.717, 1.165) is 50.7 Å². The Morgan fingerprint density at radius 3 is 2.62 bits per heavy atom. The molecule has 6 atom stereocenters. The van der Waals surface area contributed by atoms with Crippen LogP contribution in [0.4, 0.5) is 0 Å². The van der Waals surface area contributed by atoms with Gasteiger partial charge in [-0.05, 0) is 74.5 Å². The highest BCUT2D eigenvalue weighted by molar-refractivity contribution is 5.93. The Morgan fingerprint density at radius 2 is 1.86 bits per heavy atom. The summed E-state index contributed by atoms with van der Waals surface area (Å²) in [5.41, 5.74) is 5.44. The Bertz CT molecular complexity index is 760. The van der Waals surface area contributed by atoms with Crippen molar-refractivity contribution in [2.45, 2.75) is 84.2 Å². The van der Waals surface area contributed by atoms with E-state index in [1.807, 2.05) is 0 Å². The number of carboxylic acid groups (broad SMARTS) is 1. The molecule has 4 aliphatic rings. The molecule has 0 spiro atoms. The number of allylic oxidation sites excluding steroid dienone is 1. The second-order valence-corrected chi connectivity index (χ2v) is 10.1. The van der Waals surface area contributed by atoms with Crippen LogP contribution in [-0.4, -0.2) is 33.9 Å². The van der Waals surface area contributed by atoms with E-state index < -0.39 is 5.97 Å². The zero-order valence-corrected chi connectivity index (χ0v) is 17.6. The summed E-state index contributed by atoms with van der Waals surface area (Å²) in [4.78, 5) is 22.6. The Morgan fingerprint density at radius 1 is 1.14 bits per heavy atom. The minimum atomic E-state index is -0.965. The molecule has 6 nitrogen and oxygen atoms in total. The molecule has 3 N–H and O–H groups in total. The van der Waals surface area contributed by atoms with Gasteiger partial charge in [-0.1, -0.05) is 25.5 Å². The standard InChI is InChI=1S/C23H34N2O4/c1-22-11-9-15(26)13-14(22)3-4-16-17-5-6-19(23(17,2)12-10-18(16)22)24-25-20(27)7-8-21(28)29/h3,15-18,26H,4-13H2,1-2H3,(H,25,27)(H,28,29)/b24-19-/t15-,16+,17+,18+,22-,23+/m0/s1. The van der Waals surface area contributed by atoms with Gasteiger partial charge in [0.15, 0.2) is 0 Å². The van der Waals surface area contributed by atoms with E-state index in [1.54, 1.807) is 0 Å². The number of amides is 1. The number of rotatable bonds is 4. The number of nitrogens with zero attached hydrogens (tertiary/aromatic N) is 1. The molecule has 6 heteroatoms. The number of carbonyl (C=O) groups excluding carboxylic acids is 1. The molecule has 4 rings (SSSR count). The lowest BCUT2D eigenvalue weighted by Crippen LogP contribution is -2.50. The van der Waals surface area contributed by atoms with E-state index >= 15 is 0 Å². The van der Waals surface area contributed by atoms with Crippen molar-refractivity contribution in [1.82, 2.24) is 5.43 Å². The number of carbonyl (C=O) groups is 2. The number of aliphatic hydroxyl groups is 1. The molecule has 3 saturated carbocycles. The minimum Gasteiger partial charge on any atom is -0.481 e. The zero-order chi connectivity index (χ0) is 20.8. The van der Waals surface area contributed by atoms with Crippen molar-refractivity contribution in [3.05, 3.63) is 11.6 Å². The van der Waals surface area contributed by atoms with Crippen LogP contribution in [0.15, 0.2) is 16.8 Å². The highest BCUT2D eigenvalue weighted by atomic mass is 16.4. The fourth-order valence-corrected chi connectivity index (χ4v) is 7.02. The van der Waals surface area contributed by atoms with Gasteiger partial charge in [0.25, 0.3) is 0 Å². The Labute approximate surface area is 172 Å². The number of hydrogen-bond donors (Lipinski definition) is 3. The number of aliphatic hydroxyl groups excluding tert-OH is 1. The number of fused-ring (bicyclic) bond motifs is 5. The van der Waals surface area contributed by atoms with Crippen molar-refractivity contribution < 1.29 is 19.8 Å². The summed E-state index contributed by atoms with van der Waals surface area (Å²) in [7, 11) is 0. The molecule has 29 heavy (non-hydrogen) atoms. The number of hydrazone groups is 1. The number of aliphatic carboxylic acids is 1. The van der Waals surface area contributed by atoms with Crippen LogP contribution in [0.2, 0.25) is 0 Å². The fourth-order valence-electron chi connectivity index (χ4n) is 7.02. The first kappa shape index (κ1) is 20.6. The van der Waals surface area contributed by atoms with E-state index in [4.69, 9.17) is 5.11 Å². The van der Waals surface area contributed by atoms with Gasteiger partial charge in [-0.2, -0.15) is 5.10 Å². The SMILES string of the molecule is C[C@]12CC[C@H](O)CC1=CC[C@H]1[C@H]2CC[C@@]2(C)/C(=N\NC(=O)CCC(=O)O)CC[C@H]12. The molecule has 4 aliphatic carbocycles. The van der Waals surface area contributed by atoms with E-state index in [9.17, 15) is 14.7 Å². The smallest absolute Gasteiger partial charge is 0.303 e. The van der Waals surface area contributed by atoms with E-state index in [0.29, 0.717) is 17.8 Å². The normalized spacial score (nSPS) is 42.4. The van der Waals surface area contributed by atoms with Gasteiger partial charge in [0, 0.05) is 17.5 Å². The van der Waals surface area contributed by atoms with Crippen LogP contribution in [0.5, 0.6) is 0 Å². The van der Waals surface area contributed by atoms with Crippen LogP contribution in [-0.2, 0) is 9.59 Å². The third-order valence-electron chi connectivity index (χ3n) is 8.70. The summed E-state index contributed by atoms with van der Waals surface area (Å²) in [6.07, 6.45) is 10.3. The van der Waals surface area contributed by atoms with E-state index in [1.165, 1.54) is 12.0 Å². The first-order valence-electron chi connectivity index (χ1n) is 11.2. The fraction of sp³-hybridized carbons (Fsp3) is 0.783. The molecule has 0 heterocycles. The minimum absolute atomic E-state index is 0.0249. The molecule has 1 amide bonds. The summed E-state index contributed by atoms with van der Waals surface area (Å²) in [6, 6.07) is 0. The first-order valence-corrected chi connectivity index (χ1v) is 11.2. The Hall–Kier alpha value is -1.69. The average Bonchev–Trinajstić information content (AvgIpc) is 3.01. The van der Waals surface area contributed by atoms with Gasteiger partial charge >= 0.3 is 5.97 Å². The van der Waals surface area contributed by atoms with Crippen LogP contribution in [0.25, 0.3) is 0 Å². The monoisotopic (exact) mass is 402 g/mol. The molecule has 0 aromatic heterocycles. The molecule has 0 aromatic carbocycles. The van der Waals surface area contributed by atoms with E-state index in [-0.39, 0.29) is 35.7 Å². The lowest BCUT2D eigenvalue weighted by Gasteiger charge is -2.57. The van der Waals surface area contributed by atoms with Crippen molar-refractivity contribution in [2.24, 2.45) is 33.7 Å².